The van der Waals surface area contributed by atoms with Crippen LogP contribution in [0.3, 0.4) is 0 Å². The van der Waals surface area contributed by atoms with Gasteiger partial charge in [0.2, 0.25) is 5.95 Å². The minimum absolute atomic E-state index is 0.165. The maximum absolute atomic E-state index is 12.3. The van der Waals surface area contributed by atoms with Gasteiger partial charge in [0.25, 0.3) is 5.91 Å². The van der Waals surface area contributed by atoms with Crippen LogP contribution in [0.4, 0.5) is 5.95 Å². The Morgan fingerprint density at radius 1 is 1.38 bits per heavy atom. The number of hydrogen-bond acceptors (Lipinski definition) is 5. The first-order chi connectivity index (χ1) is 10.2. The van der Waals surface area contributed by atoms with Crippen LogP contribution in [0, 0.1) is 0 Å². The van der Waals surface area contributed by atoms with E-state index < -0.39 is 0 Å². The first-order valence-electron chi connectivity index (χ1n) is 6.50. The summed E-state index contributed by atoms with van der Waals surface area (Å²) in [6.07, 6.45) is 4.79. The number of thiophene rings is 1. The number of fused-ring (bicyclic) bond motifs is 2. The fraction of sp³-hybridized carbons (Fsp3) is 0.231. The number of aromatic nitrogens is 4. The maximum Gasteiger partial charge on any atom is 0.268 e. The van der Waals surface area contributed by atoms with E-state index in [-0.39, 0.29) is 17.0 Å². The maximum atomic E-state index is 12.3. The highest BCUT2D eigenvalue weighted by Gasteiger charge is 2.19. The van der Waals surface area contributed by atoms with Crippen molar-refractivity contribution in [1.29, 1.82) is 0 Å². The Bertz CT molecular complexity index is 834. The van der Waals surface area contributed by atoms with Crippen molar-refractivity contribution in [2.45, 2.75) is 19.3 Å². The Hall–Kier alpha value is -1.99. The number of nitrogens with zero attached hydrogens (tertiary/aromatic N) is 3. The topological polar surface area (TPSA) is 83.6 Å². The first-order valence-corrected chi connectivity index (χ1v) is 7.70. The Kier molecular flexibility index (Phi) is 2.90. The molecule has 21 heavy (non-hydrogen) atoms. The van der Waals surface area contributed by atoms with Gasteiger partial charge in [-0.3, -0.25) is 10.1 Å². The van der Waals surface area contributed by atoms with Crippen LogP contribution in [0.5, 0.6) is 0 Å². The van der Waals surface area contributed by atoms with Crippen molar-refractivity contribution in [3.63, 3.8) is 0 Å². The second-order valence-electron chi connectivity index (χ2n) is 4.81. The van der Waals surface area contributed by atoms with Crippen molar-refractivity contribution in [2.75, 3.05) is 5.32 Å². The average Bonchev–Trinajstić information content (AvgIpc) is 3.12. The Labute approximate surface area is 128 Å². The van der Waals surface area contributed by atoms with E-state index in [4.69, 9.17) is 11.6 Å². The predicted molar refractivity (Wildman–Crippen MR) is 81.0 cm³/mol. The summed E-state index contributed by atoms with van der Waals surface area (Å²) in [5.41, 5.74) is 2.27. The Morgan fingerprint density at radius 2 is 2.29 bits per heavy atom. The van der Waals surface area contributed by atoms with Crippen molar-refractivity contribution in [2.24, 2.45) is 0 Å². The van der Waals surface area contributed by atoms with Gasteiger partial charge < -0.3 is 4.98 Å². The summed E-state index contributed by atoms with van der Waals surface area (Å²) in [5, 5.41) is 2.92. The molecule has 4 rings (SSSR count). The molecule has 0 atom stereocenters. The minimum atomic E-state index is -0.208. The van der Waals surface area contributed by atoms with Crippen LogP contribution >= 0.6 is 22.9 Å². The third-order valence-electron chi connectivity index (χ3n) is 3.44. The molecule has 0 spiro atoms. The van der Waals surface area contributed by atoms with Gasteiger partial charge in [-0.25, -0.2) is 4.98 Å². The number of anilines is 1. The van der Waals surface area contributed by atoms with Gasteiger partial charge in [0, 0.05) is 4.88 Å². The van der Waals surface area contributed by atoms with E-state index in [1.54, 1.807) is 0 Å². The standard InChI is InChI=1S/C13H10ClN5OS/c14-10-9-11(16-5-15-9)18-13(17-10)19-12(20)8-4-6-2-1-3-7(6)21-8/h4-5H,1-3H2,(H2,15,16,17,18,19,20). The molecule has 2 N–H and O–H groups in total. The van der Waals surface area contributed by atoms with E-state index in [0.717, 1.165) is 12.8 Å². The van der Waals surface area contributed by atoms with E-state index in [1.165, 1.54) is 34.5 Å². The molecule has 0 bridgehead atoms. The summed E-state index contributed by atoms with van der Waals surface area (Å²) >= 11 is 7.56. The quantitative estimate of drug-likeness (QED) is 0.711. The lowest BCUT2D eigenvalue weighted by molar-refractivity contribution is 0.102. The van der Waals surface area contributed by atoms with Crippen LogP contribution in [0.2, 0.25) is 5.15 Å². The van der Waals surface area contributed by atoms with Gasteiger partial charge in [-0.2, -0.15) is 9.97 Å². The van der Waals surface area contributed by atoms with Crippen LogP contribution in [-0.2, 0) is 12.8 Å². The summed E-state index contributed by atoms with van der Waals surface area (Å²) in [4.78, 5) is 29.3. The first kappa shape index (κ1) is 12.7. The Morgan fingerprint density at radius 3 is 3.14 bits per heavy atom. The van der Waals surface area contributed by atoms with Crippen molar-refractivity contribution < 1.29 is 4.79 Å². The number of aromatic amines is 1. The molecule has 3 aromatic heterocycles. The van der Waals surface area contributed by atoms with Crippen molar-refractivity contribution in [3.8, 4) is 0 Å². The summed E-state index contributed by atoms with van der Waals surface area (Å²) < 4.78 is 0. The molecule has 0 saturated heterocycles. The van der Waals surface area contributed by atoms with Crippen LogP contribution in [0.15, 0.2) is 12.4 Å². The van der Waals surface area contributed by atoms with E-state index in [9.17, 15) is 4.79 Å². The SMILES string of the molecule is O=C(Nc1nc(Cl)c2[nH]cnc2n1)c1cc2c(s1)CCC2. The van der Waals surface area contributed by atoms with Gasteiger partial charge in [-0.05, 0) is 30.9 Å². The normalized spacial score (nSPS) is 13.6. The number of hydrogen-bond donors (Lipinski definition) is 2. The second-order valence-corrected chi connectivity index (χ2v) is 6.30. The Balaban J connectivity index is 1.62. The van der Waals surface area contributed by atoms with Gasteiger partial charge in [0.1, 0.15) is 5.52 Å². The van der Waals surface area contributed by atoms with Gasteiger partial charge in [-0.15, -0.1) is 11.3 Å². The number of amides is 1. The van der Waals surface area contributed by atoms with Crippen LogP contribution in [-0.4, -0.2) is 25.8 Å². The van der Waals surface area contributed by atoms with E-state index in [0.29, 0.717) is 16.0 Å². The largest absolute Gasteiger partial charge is 0.341 e. The highest BCUT2D eigenvalue weighted by Crippen LogP contribution is 2.31. The number of carbonyl (C=O) groups excluding carboxylic acids is 1. The minimum Gasteiger partial charge on any atom is -0.341 e. The van der Waals surface area contributed by atoms with E-state index in [2.05, 4.69) is 25.3 Å². The zero-order chi connectivity index (χ0) is 14.4. The number of H-pyrrole nitrogens is 1. The number of halogens is 1. The fourth-order valence-electron chi connectivity index (χ4n) is 2.46. The molecule has 1 aliphatic carbocycles. The zero-order valence-corrected chi connectivity index (χ0v) is 12.4. The van der Waals surface area contributed by atoms with Crippen molar-refractivity contribution >= 4 is 46.0 Å². The van der Waals surface area contributed by atoms with E-state index >= 15 is 0 Å². The predicted octanol–water partition coefficient (Wildman–Crippen LogP) is 2.81. The molecular formula is C13H10ClN5OS. The number of rotatable bonds is 2. The molecule has 1 amide bonds. The molecule has 0 fully saturated rings. The fourth-order valence-corrected chi connectivity index (χ4v) is 3.83. The highest BCUT2D eigenvalue weighted by molar-refractivity contribution is 7.14. The molecular weight excluding hydrogens is 310 g/mol. The lowest BCUT2D eigenvalue weighted by atomic mass is 10.2. The lowest BCUT2D eigenvalue weighted by Gasteiger charge is -2.02. The van der Waals surface area contributed by atoms with Crippen molar-refractivity contribution in [3.05, 3.63) is 32.9 Å². The van der Waals surface area contributed by atoms with E-state index in [1.807, 2.05) is 6.07 Å². The van der Waals surface area contributed by atoms with Crippen LogP contribution < -0.4 is 5.32 Å². The van der Waals surface area contributed by atoms with Gasteiger partial charge in [0.05, 0.1) is 11.2 Å². The van der Waals surface area contributed by atoms with Crippen molar-refractivity contribution in [1.82, 2.24) is 19.9 Å². The van der Waals surface area contributed by atoms with Crippen LogP contribution in [0.1, 0.15) is 26.5 Å². The van der Waals surface area contributed by atoms with Crippen LogP contribution in [0.25, 0.3) is 11.2 Å². The highest BCUT2D eigenvalue weighted by atomic mass is 35.5. The number of aryl methyl sites for hydroxylation is 2. The number of imidazole rings is 1. The average molecular weight is 320 g/mol. The molecule has 106 valence electrons. The molecule has 0 aromatic carbocycles. The molecule has 0 unspecified atom stereocenters. The van der Waals surface area contributed by atoms with Gasteiger partial charge in [-0.1, -0.05) is 11.6 Å². The second kappa shape index (κ2) is 4.78. The molecule has 0 saturated carbocycles. The molecule has 3 aromatic rings. The summed E-state index contributed by atoms with van der Waals surface area (Å²) in [6, 6.07) is 1.96. The summed E-state index contributed by atoms with van der Waals surface area (Å²) in [5.74, 6) is -0.0430. The molecule has 0 aliphatic heterocycles. The molecule has 0 radical (unpaired) electrons. The zero-order valence-electron chi connectivity index (χ0n) is 10.8. The summed E-state index contributed by atoms with van der Waals surface area (Å²) in [6.45, 7) is 0. The monoisotopic (exact) mass is 319 g/mol. The third kappa shape index (κ3) is 2.18. The number of nitrogens with one attached hydrogen (secondary N) is 2. The molecule has 8 heteroatoms. The molecule has 3 heterocycles. The smallest absolute Gasteiger partial charge is 0.268 e. The van der Waals surface area contributed by atoms with Gasteiger partial charge >= 0.3 is 0 Å². The lowest BCUT2D eigenvalue weighted by Crippen LogP contribution is -2.13. The summed E-state index contributed by atoms with van der Waals surface area (Å²) in [7, 11) is 0. The molecule has 1 aliphatic rings. The number of carbonyl (C=O) groups is 1. The molecule has 6 nitrogen and oxygen atoms in total. The van der Waals surface area contributed by atoms with Gasteiger partial charge in [0.15, 0.2) is 10.8 Å². The third-order valence-corrected chi connectivity index (χ3v) is 4.95.